The first-order valence-corrected chi connectivity index (χ1v) is 7.01. The number of nitrogens with two attached hydrogens (primary N) is 1. The van der Waals surface area contributed by atoms with E-state index in [2.05, 4.69) is 15.9 Å². The summed E-state index contributed by atoms with van der Waals surface area (Å²) in [7, 11) is 0. The number of rotatable bonds is 2. The highest BCUT2D eigenvalue weighted by Gasteiger charge is 2.16. The first-order valence-electron chi connectivity index (χ1n) is 5.84. The molecular weight excluding hydrogens is 326 g/mol. The monoisotopic (exact) mass is 335 g/mol. The summed E-state index contributed by atoms with van der Waals surface area (Å²) in [5.41, 5.74) is 8.05. The average molecular weight is 337 g/mol. The van der Waals surface area contributed by atoms with Crippen LogP contribution < -0.4 is 5.73 Å². The Balaban J connectivity index is 2.07. The molecule has 3 rings (SSSR count). The molecule has 0 aliphatic heterocycles. The van der Waals surface area contributed by atoms with Crippen LogP contribution >= 0.6 is 27.5 Å². The third-order valence-electron chi connectivity index (χ3n) is 3.04. The molecule has 19 heavy (non-hydrogen) atoms. The van der Waals surface area contributed by atoms with Gasteiger partial charge in [-0.3, -0.25) is 0 Å². The second-order valence-electron chi connectivity index (χ2n) is 4.33. The van der Waals surface area contributed by atoms with Gasteiger partial charge in [0.15, 0.2) is 0 Å². The van der Waals surface area contributed by atoms with Gasteiger partial charge >= 0.3 is 0 Å². The molecule has 0 saturated heterocycles. The second kappa shape index (κ2) is 5.00. The molecule has 2 aromatic carbocycles. The van der Waals surface area contributed by atoms with E-state index in [1.54, 1.807) is 6.07 Å². The van der Waals surface area contributed by atoms with E-state index in [0.29, 0.717) is 5.02 Å². The quantitative estimate of drug-likeness (QED) is 0.723. The van der Waals surface area contributed by atoms with Crippen LogP contribution in [0.25, 0.3) is 11.0 Å². The summed E-state index contributed by atoms with van der Waals surface area (Å²) in [4.78, 5) is 0. The molecule has 0 bridgehead atoms. The molecule has 0 aliphatic carbocycles. The molecular formula is C15H11BrClNO. The first-order chi connectivity index (χ1) is 9.15. The lowest BCUT2D eigenvalue weighted by Gasteiger charge is -2.10. The molecule has 3 aromatic rings. The summed E-state index contributed by atoms with van der Waals surface area (Å²) in [5, 5.41) is 1.65. The van der Waals surface area contributed by atoms with Gasteiger partial charge in [0.25, 0.3) is 0 Å². The van der Waals surface area contributed by atoms with Crippen LogP contribution in [0.4, 0.5) is 0 Å². The maximum atomic E-state index is 6.26. The van der Waals surface area contributed by atoms with Gasteiger partial charge in [-0.2, -0.15) is 0 Å². The fraction of sp³-hybridized carbons (Fsp3) is 0.0667. The van der Waals surface area contributed by atoms with Crippen LogP contribution in [0.1, 0.15) is 17.4 Å². The standard InChI is InChI=1S/C15H11BrClNO/c16-12-4-2-1-3-11(12)15(18)14-8-9-7-10(17)5-6-13(9)19-14/h1-8,15H,18H2. The minimum absolute atomic E-state index is 0.304. The smallest absolute Gasteiger partial charge is 0.134 e. The number of halogens is 2. The normalized spacial score (nSPS) is 12.8. The summed E-state index contributed by atoms with van der Waals surface area (Å²) < 4.78 is 6.76. The van der Waals surface area contributed by atoms with Gasteiger partial charge in [-0.05, 0) is 35.9 Å². The SMILES string of the molecule is NC(c1cc2cc(Cl)ccc2o1)c1ccccc1Br. The highest BCUT2D eigenvalue weighted by atomic mass is 79.9. The van der Waals surface area contributed by atoms with E-state index in [4.69, 9.17) is 21.8 Å². The van der Waals surface area contributed by atoms with Gasteiger partial charge in [0, 0.05) is 14.9 Å². The minimum atomic E-state index is -0.304. The van der Waals surface area contributed by atoms with Crippen LogP contribution in [0.5, 0.6) is 0 Å². The molecule has 0 aliphatic rings. The Morgan fingerprint density at radius 2 is 1.89 bits per heavy atom. The van der Waals surface area contributed by atoms with E-state index in [1.165, 1.54) is 0 Å². The van der Waals surface area contributed by atoms with Crippen molar-refractivity contribution in [1.29, 1.82) is 0 Å². The number of hydrogen-bond donors (Lipinski definition) is 1. The van der Waals surface area contributed by atoms with Gasteiger partial charge in [0.2, 0.25) is 0 Å². The van der Waals surface area contributed by atoms with Crippen molar-refractivity contribution in [3.05, 3.63) is 69.3 Å². The summed E-state index contributed by atoms with van der Waals surface area (Å²) in [5.74, 6) is 0.726. The third-order valence-corrected chi connectivity index (χ3v) is 4.00. The Morgan fingerprint density at radius 1 is 1.11 bits per heavy atom. The van der Waals surface area contributed by atoms with Gasteiger partial charge in [-0.15, -0.1) is 0 Å². The van der Waals surface area contributed by atoms with Crippen LogP contribution in [0.2, 0.25) is 5.02 Å². The van der Waals surface area contributed by atoms with Gasteiger partial charge in [0.1, 0.15) is 11.3 Å². The highest BCUT2D eigenvalue weighted by molar-refractivity contribution is 9.10. The zero-order valence-electron chi connectivity index (χ0n) is 9.94. The molecule has 4 heteroatoms. The minimum Gasteiger partial charge on any atom is -0.459 e. The molecule has 96 valence electrons. The maximum Gasteiger partial charge on any atom is 0.134 e. The van der Waals surface area contributed by atoms with E-state index >= 15 is 0 Å². The molecule has 0 radical (unpaired) electrons. The van der Waals surface area contributed by atoms with Crippen molar-refractivity contribution in [2.24, 2.45) is 5.73 Å². The lowest BCUT2D eigenvalue weighted by molar-refractivity contribution is 0.524. The van der Waals surface area contributed by atoms with E-state index in [-0.39, 0.29) is 6.04 Å². The fourth-order valence-corrected chi connectivity index (χ4v) is 2.78. The molecule has 0 fully saturated rings. The van der Waals surface area contributed by atoms with E-state index in [1.807, 2.05) is 42.5 Å². The van der Waals surface area contributed by atoms with Crippen molar-refractivity contribution < 1.29 is 4.42 Å². The summed E-state index contributed by atoms with van der Waals surface area (Å²) in [6.45, 7) is 0. The van der Waals surface area contributed by atoms with Crippen molar-refractivity contribution in [1.82, 2.24) is 0 Å². The number of furan rings is 1. The Hall–Kier alpha value is -1.29. The van der Waals surface area contributed by atoms with Crippen molar-refractivity contribution in [3.8, 4) is 0 Å². The molecule has 0 saturated carbocycles. The third kappa shape index (κ3) is 2.41. The van der Waals surface area contributed by atoms with Crippen molar-refractivity contribution >= 4 is 38.5 Å². The zero-order chi connectivity index (χ0) is 13.4. The molecule has 0 amide bonds. The largest absolute Gasteiger partial charge is 0.459 e. The van der Waals surface area contributed by atoms with Crippen LogP contribution in [-0.4, -0.2) is 0 Å². The molecule has 1 aromatic heterocycles. The number of benzene rings is 2. The Bertz CT molecular complexity index is 738. The molecule has 2 N–H and O–H groups in total. The predicted molar refractivity (Wildman–Crippen MR) is 81.4 cm³/mol. The molecule has 1 unspecified atom stereocenters. The maximum absolute atomic E-state index is 6.26. The van der Waals surface area contributed by atoms with E-state index in [9.17, 15) is 0 Å². The van der Waals surface area contributed by atoms with Gasteiger partial charge in [0.05, 0.1) is 6.04 Å². The second-order valence-corrected chi connectivity index (χ2v) is 5.62. The zero-order valence-corrected chi connectivity index (χ0v) is 12.3. The van der Waals surface area contributed by atoms with E-state index in [0.717, 1.165) is 26.8 Å². The van der Waals surface area contributed by atoms with Crippen LogP contribution in [0.15, 0.2) is 57.4 Å². The van der Waals surface area contributed by atoms with Crippen molar-refractivity contribution in [2.75, 3.05) is 0 Å². The number of fused-ring (bicyclic) bond motifs is 1. The lowest BCUT2D eigenvalue weighted by atomic mass is 10.1. The van der Waals surface area contributed by atoms with Crippen LogP contribution in [0.3, 0.4) is 0 Å². The van der Waals surface area contributed by atoms with Crippen LogP contribution in [-0.2, 0) is 0 Å². The Labute approximate surface area is 124 Å². The summed E-state index contributed by atoms with van der Waals surface area (Å²) in [6, 6.07) is 15.0. The molecule has 1 atom stereocenters. The molecule has 2 nitrogen and oxygen atoms in total. The Kier molecular flexibility index (Phi) is 3.35. The predicted octanol–water partition coefficient (Wildman–Crippen LogP) is 4.90. The fourth-order valence-electron chi connectivity index (χ4n) is 2.07. The Morgan fingerprint density at radius 3 is 2.68 bits per heavy atom. The molecule has 1 heterocycles. The van der Waals surface area contributed by atoms with E-state index < -0.39 is 0 Å². The average Bonchev–Trinajstić information content (AvgIpc) is 2.81. The van der Waals surface area contributed by atoms with Crippen molar-refractivity contribution in [2.45, 2.75) is 6.04 Å². The van der Waals surface area contributed by atoms with Crippen LogP contribution in [0, 0.1) is 0 Å². The lowest BCUT2D eigenvalue weighted by Crippen LogP contribution is -2.11. The molecule has 0 spiro atoms. The topological polar surface area (TPSA) is 39.2 Å². The van der Waals surface area contributed by atoms with Crippen molar-refractivity contribution in [3.63, 3.8) is 0 Å². The van der Waals surface area contributed by atoms with Gasteiger partial charge in [-0.25, -0.2) is 0 Å². The summed E-state index contributed by atoms with van der Waals surface area (Å²) >= 11 is 9.48. The summed E-state index contributed by atoms with van der Waals surface area (Å²) in [6.07, 6.45) is 0. The van der Waals surface area contributed by atoms with Gasteiger partial charge in [-0.1, -0.05) is 45.7 Å². The van der Waals surface area contributed by atoms with Gasteiger partial charge < -0.3 is 10.2 Å². The number of hydrogen-bond acceptors (Lipinski definition) is 2. The highest BCUT2D eigenvalue weighted by Crippen LogP contribution is 2.31. The first kappa shape index (κ1) is 12.7.